The van der Waals surface area contributed by atoms with Crippen molar-refractivity contribution >= 4 is 40.4 Å². The summed E-state index contributed by atoms with van der Waals surface area (Å²) < 4.78 is 5.17. The van der Waals surface area contributed by atoms with E-state index < -0.39 is 17.8 Å². The first-order valence-electron chi connectivity index (χ1n) is 8.24. The molecule has 0 atom stereocenters. The van der Waals surface area contributed by atoms with E-state index in [1.54, 1.807) is 30.3 Å². The summed E-state index contributed by atoms with van der Waals surface area (Å²) in [7, 11) is 0. The molecule has 0 radical (unpaired) electrons. The van der Waals surface area contributed by atoms with Crippen molar-refractivity contribution in [3.63, 3.8) is 0 Å². The molecule has 3 aromatic rings. The summed E-state index contributed by atoms with van der Waals surface area (Å²) in [6.45, 7) is 0. The van der Waals surface area contributed by atoms with Crippen LogP contribution < -0.4 is 10.2 Å². The molecule has 6 nitrogen and oxygen atoms in total. The molecule has 2 aromatic carbocycles. The van der Waals surface area contributed by atoms with Gasteiger partial charge in [0.15, 0.2) is 0 Å². The first-order valence-corrected chi connectivity index (χ1v) is 8.24. The van der Waals surface area contributed by atoms with E-state index in [9.17, 15) is 14.4 Å². The van der Waals surface area contributed by atoms with Crippen LogP contribution in [-0.2, 0) is 9.59 Å². The summed E-state index contributed by atoms with van der Waals surface area (Å²) in [5.41, 5.74) is 0.286. The van der Waals surface area contributed by atoms with Crippen LogP contribution in [0.1, 0.15) is 5.76 Å². The molecular formula is C21H14N2O4. The Kier molecular flexibility index (Phi) is 4.14. The number of carbonyl (C=O) groups is 3. The van der Waals surface area contributed by atoms with Crippen molar-refractivity contribution in [2.75, 3.05) is 4.90 Å². The van der Waals surface area contributed by atoms with Crippen LogP contribution in [-0.4, -0.2) is 17.8 Å². The highest BCUT2D eigenvalue weighted by molar-refractivity contribution is 6.38. The number of fused-ring (bicyclic) bond motifs is 1. The van der Waals surface area contributed by atoms with E-state index in [1.165, 1.54) is 18.4 Å². The Hall–Kier alpha value is -3.93. The van der Waals surface area contributed by atoms with Gasteiger partial charge in [0.1, 0.15) is 11.3 Å². The third-order valence-corrected chi connectivity index (χ3v) is 4.18. The Bertz CT molecular complexity index is 1100. The van der Waals surface area contributed by atoms with Gasteiger partial charge in [0.25, 0.3) is 11.8 Å². The van der Waals surface area contributed by atoms with Gasteiger partial charge in [0, 0.05) is 5.39 Å². The molecule has 0 spiro atoms. The maximum Gasteiger partial charge on any atom is 0.335 e. The van der Waals surface area contributed by atoms with E-state index in [-0.39, 0.29) is 5.57 Å². The van der Waals surface area contributed by atoms with Gasteiger partial charge in [-0.1, -0.05) is 42.5 Å². The summed E-state index contributed by atoms with van der Waals surface area (Å²) in [5.74, 6) is -0.827. The summed E-state index contributed by atoms with van der Waals surface area (Å²) in [6, 6.07) is 15.4. The predicted octanol–water partition coefficient (Wildman–Crippen LogP) is 3.66. The molecule has 1 N–H and O–H groups in total. The van der Waals surface area contributed by atoms with Gasteiger partial charge in [-0.25, -0.2) is 9.69 Å². The molecule has 1 saturated heterocycles. The number of amides is 4. The second-order valence-electron chi connectivity index (χ2n) is 5.85. The van der Waals surface area contributed by atoms with E-state index in [2.05, 4.69) is 5.32 Å². The van der Waals surface area contributed by atoms with Gasteiger partial charge in [-0.2, -0.15) is 0 Å². The minimum Gasteiger partial charge on any atom is -0.465 e. The van der Waals surface area contributed by atoms with E-state index in [4.69, 9.17) is 4.42 Å². The van der Waals surface area contributed by atoms with Gasteiger partial charge in [-0.3, -0.25) is 14.9 Å². The molecule has 4 amide bonds. The number of furan rings is 1. The molecule has 132 valence electrons. The lowest BCUT2D eigenvalue weighted by Gasteiger charge is -2.27. The Labute approximate surface area is 154 Å². The number of carbonyl (C=O) groups excluding carboxylic acids is 3. The maximum absolute atomic E-state index is 12.9. The molecular weight excluding hydrogens is 344 g/mol. The Balaban J connectivity index is 1.74. The second-order valence-corrected chi connectivity index (χ2v) is 5.85. The summed E-state index contributed by atoms with van der Waals surface area (Å²) in [5, 5.41) is 3.84. The van der Waals surface area contributed by atoms with Gasteiger partial charge in [-0.05, 0) is 35.7 Å². The number of anilines is 1. The number of nitrogens with zero attached hydrogens (tertiary/aromatic N) is 1. The molecule has 0 aliphatic carbocycles. The Morgan fingerprint density at radius 2 is 1.74 bits per heavy atom. The van der Waals surface area contributed by atoms with Crippen LogP contribution in [0.5, 0.6) is 0 Å². The van der Waals surface area contributed by atoms with Crippen LogP contribution in [0.15, 0.2) is 83.0 Å². The van der Waals surface area contributed by atoms with Gasteiger partial charge in [0.2, 0.25) is 0 Å². The molecule has 1 aliphatic rings. The first kappa shape index (κ1) is 16.5. The van der Waals surface area contributed by atoms with E-state index in [1.807, 2.05) is 30.3 Å². The highest BCUT2D eigenvalue weighted by Crippen LogP contribution is 2.29. The van der Waals surface area contributed by atoms with Crippen molar-refractivity contribution in [1.29, 1.82) is 0 Å². The van der Waals surface area contributed by atoms with Crippen LogP contribution >= 0.6 is 0 Å². The standard InChI is InChI=1S/C21H14N2O4/c24-19-17(11-4-8-15-9-5-13-27-15)20(25)23(21(26)22-19)18-12-3-7-14-6-1-2-10-16(14)18/h1-13H,(H,22,24,26). The summed E-state index contributed by atoms with van der Waals surface area (Å²) >= 11 is 0. The fourth-order valence-electron chi connectivity index (χ4n) is 2.92. The third-order valence-electron chi connectivity index (χ3n) is 4.18. The SMILES string of the molecule is O=C1NC(=O)N(c2cccc3ccccc23)C(=O)C1=CC=Cc1ccco1. The van der Waals surface area contributed by atoms with Gasteiger partial charge in [0.05, 0.1) is 12.0 Å². The lowest BCUT2D eigenvalue weighted by molar-refractivity contribution is -0.122. The number of urea groups is 1. The number of rotatable bonds is 3. The number of imide groups is 2. The smallest absolute Gasteiger partial charge is 0.335 e. The number of allylic oxidation sites excluding steroid dienone is 2. The van der Waals surface area contributed by atoms with Crippen molar-refractivity contribution in [2.24, 2.45) is 0 Å². The van der Waals surface area contributed by atoms with Crippen molar-refractivity contribution in [1.82, 2.24) is 5.32 Å². The first-order chi connectivity index (χ1) is 13.1. The van der Waals surface area contributed by atoms with Crippen molar-refractivity contribution in [3.8, 4) is 0 Å². The van der Waals surface area contributed by atoms with Gasteiger partial charge in [-0.15, -0.1) is 0 Å². The van der Waals surface area contributed by atoms with Crippen LogP contribution in [0.25, 0.3) is 16.8 Å². The third kappa shape index (κ3) is 3.04. The normalized spacial score (nSPS) is 16.5. The van der Waals surface area contributed by atoms with Gasteiger partial charge >= 0.3 is 6.03 Å². The van der Waals surface area contributed by atoms with Crippen LogP contribution in [0.4, 0.5) is 10.5 Å². The number of benzene rings is 2. The largest absolute Gasteiger partial charge is 0.465 e. The molecule has 6 heteroatoms. The molecule has 0 unspecified atom stereocenters. The molecule has 1 aromatic heterocycles. The quantitative estimate of drug-likeness (QED) is 0.572. The highest BCUT2D eigenvalue weighted by Gasteiger charge is 2.37. The van der Waals surface area contributed by atoms with Gasteiger partial charge < -0.3 is 4.42 Å². The molecule has 0 saturated carbocycles. The number of nitrogens with one attached hydrogen (secondary N) is 1. The minimum absolute atomic E-state index is 0.134. The topological polar surface area (TPSA) is 79.6 Å². The van der Waals surface area contributed by atoms with E-state index in [0.29, 0.717) is 11.4 Å². The molecule has 1 fully saturated rings. The number of hydrogen-bond donors (Lipinski definition) is 1. The molecule has 27 heavy (non-hydrogen) atoms. The molecule has 2 heterocycles. The summed E-state index contributed by atoms with van der Waals surface area (Å²) in [6.07, 6.45) is 6.03. The Morgan fingerprint density at radius 1 is 0.926 bits per heavy atom. The van der Waals surface area contributed by atoms with Crippen LogP contribution in [0.3, 0.4) is 0 Å². The molecule has 0 bridgehead atoms. The van der Waals surface area contributed by atoms with Crippen LogP contribution in [0, 0.1) is 0 Å². The van der Waals surface area contributed by atoms with Crippen LogP contribution in [0.2, 0.25) is 0 Å². The van der Waals surface area contributed by atoms with Crippen molar-refractivity contribution in [3.05, 3.63) is 84.3 Å². The fraction of sp³-hybridized carbons (Fsp3) is 0. The van der Waals surface area contributed by atoms with Crippen molar-refractivity contribution in [2.45, 2.75) is 0 Å². The summed E-state index contributed by atoms with van der Waals surface area (Å²) in [4.78, 5) is 38.4. The predicted molar refractivity (Wildman–Crippen MR) is 101 cm³/mol. The zero-order valence-corrected chi connectivity index (χ0v) is 14.1. The zero-order valence-electron chi connectivity index (χ0n) is 14.1. The average molecular weight is 358 g/mol. The maximum atomic E-state index is 12.9. The molecule has 1 aliphatic heterocycles. The highest BCUT2D eigenvalue weighted by atomic mass is 16.3. The molecule has 4 rings (SSSR count). The lowest BCUT2D eigenvalue weighted by Crippen LogP contribution is -2.54. The van der Waals surface area contributed by atoms with E-state index >= 15 is 0 Å². The lowest BCUT2D eigenvalue weighted by atomic mass is 10.1. The number of barbiturate groups is 1. The Morgan fingerprint density at radius 3 is 2.56 bits per heavy atom. The van der Waals surface area contributed by atoms with Crippen molar-refractivity contribution < 1.29 is 18.8 Å². The van der Waals surface area contributed by atoms with E-state index in [0.717, 1.165) is 15.7 Å². The second kappa shape index (κ2) is 6.76. The minimum atomic E-state index is -0.770. The fourth-order valence-corrected chi connectivity index (χ4v) is 2.92. The monoisotopic (exact) mass is 358 g/mol. The zero-order chi connectivity index (χ0) is 18.8. The average Bonchev–Trinajstić information content (AvgIpc) is 3.18. The number of hydrogen-bond acceptors (Lipinski definition) is 4.